The van der Waals surface area contributed by atoms with Gasteiger partial charge in [-0.25, -0.2) is 4.90 Å². The second-order valence-corrected chi connectivity index (χ2v) is 10.5. The van der Waals surface area contributed by atoms with Gasteiger partial charge in [0.05, 0.1) is 35.1 Å². The molecule has 8 heteroatoms. The molecule has 0 N–H and O–H groups in total. The van der Waals surface area contributed by atoms with Crippen LogP contribution in [-0.4, -0.2) is 41.4 Å². The van der Waals surface area contributed by atoms with E-state index in [1.54, 1.807) is 49.6 Å². The maximum atomic E-state index is 14.1. The second-order valence-electron chi connectivity index (χ2n) is 9.66. The Morgan fingerprint density at radius 1 is 0.895 bits per heavy atom. The van der Waals surface area contributed by atoms with E-state index in [0.717, 1.165) is 11.1 Å². The van der Waals surface area contributed by atoms with E-state index in [4.69, 9.17) is 4.74 Å². The van der Waals surface area contributed by atoms with Crippen LogP contribution in [0.2, 0.25) is 0 Å². The van der Waals surface area contributed by atoms with Crippen LogP contribution in [0.15, 0.2) is 77.4 Å². The number of benzene rings is 3. The van der Waals surface area contributed by atoms with E-state index in [0.29, 0.717) is 27.0 Å². The quantitative estimate of drug-likeness (QED) is 0.315. The molecule has 7 nitrogen and oxygen atoms in total. The molecule has 2 saturated heterocycles. The largest absolute Gasteiger partial charge is 0.496 e. The van der Waals surface area contributed by atoms with Gasteiger partial charge >= 0.3 is 0 Å². The number of ketones is 2. The highest BCUT2D eigenvalue weighted by Gasteiger charge is 2.64. The number of carbonyl (C=O) groups is 4. The van der Waals surface area contributed by atoms with Crippen LogP contribution in [0.1, 0.15) is 44.8 Å². The zero-order valence-corrected chi connectivity index (χ0v) is 22.2. The number of hydrogen-bond donors (Lipinski definition) is 0. The number of fused-ring (bicyclic) bond motifs is 5. The monoisotopic (exact) mass is 570 g/mol. The number of methoxy groups -OCH3 is 1. The summed E-state index contributed by atoms with van der Waals surface area (Å²) in [7, 11) is 1.55. The van der Waals surface area contributed by atoms with Crippen LogP contribution in [0.5, 0.6) is 5.75 Å². The van der Waals surface area contributed by atoms with Crippen molar-refractivity contribution in [1.29, 1.82) is 0 Å². The number of ether oxygens (including phenoxy) is 1. The molecule has 3 aromatic carbocycles. The van der Waals surface area contributed by atoms with E-state index in [-0.39, 0.29) is 17.5 Å². The third kappa shape index (κ3) is 3.55. The molecule has 4 atom stereocenters. The Morgan fingerprint density at radius 3 is 2.26 bits per heavy atom. The molecule has 0 saturated carbocycles. The maximum absolute atomic E-state index is 14.1. The lowest BCUT2D eigenvalue weighted by atomic mass is 9.83. The lowest BCUT2D eigenvalue weighted by Gasteiger charge is -2.35. The van der Waals surface area contributed by atoms with Gasteiger partial charge < -0.3 is 9.64 Å². The number of Topliss-reactive ketones (excluding diaryl/α,β-unsaturated/α-hetero) is 2. The second kappa shape index (κ2) is 9.06. The third-order valence-corrected chi connectivity index (χ3v) is 8.32. The van der Waals surface area contributed by atoms with E-state index in [2.05, 4.69) is 15.9 Å². The summed E-state index contributed by atoms with van der Waals surface area (Å²) in [6, 6.07) is 17.9. The van der Waals surface area contributed by atoms with Crippen molar-refractivity contribution in [1.82, 2.24) is 4.90 Å². The standard InChI is InChI=1S/C30H23BrN2O5/c1-16(34)17-7-10-20(11-8-17)33-29(36)24-25(30(33)37)27(28(35)19-9-12-23(38-2)22(31)15-19)32-14-13-18-5-3-4-6-21(18)26(24)32/h3-15,24-27H,1-2H3/t24-,25-,26+,27+/m1/s1. The molecule has 2 amide bonds. The highest BCUT2D eigenvalue weighted by atomic mass is 79.9. The fourth-order valence-electron chi connectivity index (χ4n) is 5.95. The first-order valence-electron chi connectivity index (χ1n) is 12.2. The van der Waals surface area contributed by atoms with Crippen LogP contribution in [0.4, 0.5) is 5.69 Å². The Kier molecular flexibility index (Phi) is 5.79. The zero-order valence-electron chi connectivity index (χ0n) is 20.6. The molecule has 0 unspecified atom stereocenters. The number of amides is 2. The smallest absolute Gasteiger partial charge is 0.240 e. The topological polar surface area (TPSA) is 84.0 Å². The van der Waals surface area contributed by atoms with Crippen molar-refractivity contribution in [2.24, 2.45) is 11.8 Å². The van der Waals surface area contributed by atoms with Crippen LogP contribution in [0, 0.1) is 11.8 Å². The molecule has 2 fully saturated rings. The average Bonchev–Trinajstić information content (AvgIpc) is 3.40. The molecular weight excluding hydrogens is 548 g/mol. The minimum absolute atomic E-state index is 0.106. The van der Waals surface area contributed by atoms with Crippen LogP contribution in [-0.2, 0) is 9.59 Å². The lowest BCUT2D eigenvalue weighted by molar-refractivity contribution is -0.123. The van der Waals surface area contributed by atoms with Crippen molar-refractivity contribution in [2.75, 3.05) is 12.0 Å². The van der Waals surface area contributed by atoms with Gasteiger partial charge in [-0.05, 0) is 82.5 Å². The predicted octanol–water partition coefficient (Wildman–Crippen LogP) is 5.06. The molecular formula is C30H23BrN2O5. The summed E-state index contributed by atoms with van der Waals surface area (Å²) in [6.07, 6.45) is 3.75. The number of hydrogen-bond acceptors (Lipinski definition) is 6. The van der Waals surface area contributed by atoms with Gasteiger partial charge in [-0.15, -0.1) is 0 Å². The fraction of sp³-hybridized carbons (Fsp3) is 0.200. The van der Waals surface area contributed by atoms with E-state index in [1.165, 1.54) is 11.8 Å². The highest BCUT2D eigenvalue weighted by molar-refractivity contribution is 9.10. The molecule has 0 aliphatic carbocycles. The Hall–Kier alpha value is -4.04. The maximum Gasteiger partial charge on any atom is 0.240 e. The van der Waals surface area contributed by atoms with Gasteiger partial charge in [0.25, 0.3) is 0 Å². The number of halogens is 1. The summed E-state index contributed by atoms with van der Waals surface area (Å²) < 4.78 is 5.93. The molecule has 3 aromatic rings. The van der Waals surface area contributed by atoms with E-state index >= 15 is 0 Å². The molecule has 6 rings (SSSR count). The number of rotatable bonds is 5. The Balaban J connectivity index is 1.46. The van der Waals surface area contributed by atoms with Crippen molar-refractivity contribution in [3.63, 3.8) is 0 Å². The zero-order chi connectivity index (χ0) is 26.7. The van der Waals surface area contributed by atoms with Crippen LogP contribution in [0.3, 0.4) is 0 Å². The number of nitrogens with zero attached hydrogens (tertiary/aromatic N) is 2. The van der Waals surface area contributed by atoms with Gasteiger partial charge in [0, 0.05) is 17.3 Å². The molecule has 3 aliphatic heterocycles. The fourth-order valence-corrected chi connectivity index (χ4v) is 6.49. The Labute approximate surface area is 227 Å². The van der Waals surface area contributed by atoms with Crippen molar-refractivity contribution in [3.05, 3.63) is 99.7 Å². The van der Waals surface area contributed by atoms with Crippen LogP contribution < -0.4 is 9.64 Å². The first-order chi connectivity index (χ1) is 18.3. The molecule has 38 heavy (non-hydrogen) atoms. The summed E-state index contributed by atoms with van der Waals surface area (Å²) in [5.41, 5.74) is 3.16. The van der Waals surface area contributed by atoms with Gasteiger partial charge in [-0.1, -0.05) is 24.3 Å². The van der Waals surface area contributed by atoms with Gasteiger partial charge in [0.15, 0.2) is 11.6 Å². The molecule has 0 aromatic heterocycles. The Bertz CT molecular complexity index is 1550. The summed E-state index contributed by atoms with van der Waals surface area (Å²) in [5, 5.41) is 0. The summed E-state index contributed by atoms with van der Waals surface area (Å²) in [6.45, 7) is 1.46. The normalized spacial score (nSPS) is 23.2. The predicted molar refractivity (Wildman–Crippen MR) is 145 cm³/mol. The lowest BCUT2D eigenvalue weighted by Crippen LogP contribution is -2.44. The molecule has 0 bridgehead atoms. The van der Waals surface area contributed by atoms with Gasteiger partial charge in [-0.2, -0.15) is 0 Å². The number of imide groups is 1. The molecule has 0 radical (unpaired) electrons. The van der Waals surface area contributed by atoms with Crippen molar-refractivity contribution < 1.29 is 23.9 Å². The van der Waals surface area contributed by atoms with Gasteiger partial charge in [0.2, 0.25) is 11.8 Å². The first-order valence-corrected chi connectivity index (χ1v) is 13.0. The molecule has 3 aliphatic rings. The van der Waals surface area contributed by atoms with Crippen molar-refractivity contribution >= 4 is 51.1 Å². The number of anilines is 1. The van der Waals surface area contributed by atoms with E-state index < -0.39 is 29.8 Å². The summed E-state index contributed by atoms with van der Waals surface area (Å²) in [5.74, 6) is -2.14. The van der Waals surface area contributed by atoms with Crippen molar-refractivity contribution in [2.45, 2.75) is 19.0 Å². The molecule has 3 heterocycles. The van der Waals surface area contributed by atoms with Gasteiger partial charge in [-0.3, -0.25) is 19.2 Å². The third-order valence-electron chi connectivity index (χ3n) is 7.70. The van der Waals surface area contributed by atoms with Crippen molar-refractivity contribution in [3.8, 4) is 5.75 Å². The summed E-state index contributed by atoms with van der Waals surface area (Å²) in [4.78, 5) is 56.8. The van der Waals surface area contributed by atoms with Crippen LogP contribution >= 0.6 is 15.9 Å². The molecule has 0 spiro atoms. The molecule has 190 valence electrons. The SMILES string of the molecule is COc1ccc(C(=O)[C@@H]2[C@@H]3C(=O)N(c4ccc(C(C)=O)cc4)C(=O)[C@H]3[C@@H]3c4ccccc4C=CN23)cc1Br. The average molecular weight is 571 g/mol. The minimum Gasteiger partial charge on any atom is -0.496 e. The minimum atomic E-state index is -0.871. The van der Waals surface area contributed by atoms with Gasteiger partial charge in [0.1, 0.15) is 11.8 Å². The Morgan fingerprint density at radius 2 is 1.58 bits per heavy atom. The highest BCUT2D eigenvalue weighted by Crippen LogP contribution is 2.53. The van der Waals surface area contributed by atoms with E-state index in [9.17, 15) is 19.2 Å². The summed E-state index contributed by atoms with van der Waals surface area (Å²) >= 11 is 3.45. The number of carbonyl (C=O) groups excluding carboxylic acids is 4. The first kappa shape index (κ1) is 24.3. The van der Waals surface area contributed by atoms with Crippen LogP contribution in [0.25, 0.3) is 6.08 Å². The van der Waals surface area contributed by atoms with E-state index in [1.807, 2.05) is 41.4 Å².